The molecule has 1 aromatic carbocycles. The van der Waals surface area contributed by atoms with E-state index in [9.17, 15) is 4.79 Å². The van der Waals surface area contributed by atoms with Gasteiger partial charge in [0.05, 0.1) is 10.0 Å². The van der Waals surface area contributed by atoms with Gasteiger partial charge in [0.25, 0.3) is 0 Å². The van der Waals surface area contributed by atoms with E-state index in [1.807, 2.05) is 0 Å². The van der Waals surface area contributed by atoms with Gasteiger partial charge in [-0.3, -0.25) is 4.79 Å². The molecule has 1 saturated carbocycles. The predicted octanol–water partition coefficient (Wildman–Crippen LogP) is 3.63. The molecule has 0 unspecified atom stereocenters. The number of anilines is 1. The molecule has 0 saturated heterocycles. The summed E-state index contributed by atoms with van der Waals surface area (Å²) < 4.78 is 0. The molecule has 4 N–H and O–H groups in total. The first kappa shape index (κ1) is 15.9. The van der Waals surface area contributed by atoms with E-state index in [1.165, 1.54) is 0 Å². The maximum atomic E-state index is 12.6. The summed E-state index contributed by atoms with van der Waals surface area (Å²) in [6.07, 6.45) is 3.91. The summed E-state index contributed by atoms with van der Waals surface area (Å²) in [6, 6.07) is 4.84. The SMILES string of the molecule is NC(=NO)C1(C(=O)Nc2ccc(Cl)c(Cl)c2)CCCCC1. The molecule has 5 nitrogen and oxygen atoms in total. The molecule has 0 heterocycles. The highest BCUT2D eigenvalue weighted by atomic mass is 35.5. The van der Waals surface area contributed by atoms with E-state index in [-0.39, 0.29) is 11.7 Å². The second kappa shape index (κ2) is 6.54. The molecule has 0 bridgehead atoms. The maximum absolute atomic E-state index is 12.6. The van der Waals surface area contributed by atoms with Gasteiger partial charge in [0.2, 0.25) is 5.91 Å². The minimum absolute atomic E-state index is 0.0419. The van der Waals surface area contributed by atoms with Gasteiger partial charge in [0.15, 0.2) is 5.84 Å². The highest BCUT2D eigenvalue weighted by molar-refractivity contribution is 6.42. The van der Waals surface area contributed by atoms with Crippen molar-refractivity contribution < 1.29 is 10.0 Å². The van der Waals surface area contributed by atoms with Gasteiger partial charge < -0.3 is 16.3 Å². The van der Waals surface area contributed by atoms with Crippen LogP contribution in [-0.4, -0.2) is 17.0 Å². The van der Waals surface area contributed by atoms with Gasteiger partial charge in [-0.1, -0.05) is 47.6 Å². The lowest BCUT2D eigenvalue weighted by molar-refractivity contribution is -0.123. The molecular formula is C14H17Cl2N3O2. The Morgan fingerprint density at radius 3 is 2.48 bits per heavy atom. The van der Waals surface area contributed by atoms with Crippen molar-refractivity contribution >= 4 is 40.6 Å². The van der Waals surface area contributed by atoms with Gasteiger partial charge in [-0.15, -0.1) is 0 Å². The fraction of sp³-hybridized carbons (Fsp3) is 0.429. The smallest absolute Gasteiger partial charge is 0.238 e. The Bertz CT molecular complexity index is 569. The van der Waals surface area contributed by atoms with Crippen molar-refractivity contribution in [1.29, 1.82) is 0 Å². The zero-order chi connectivity index (χ0) is 15.5. The van der Waals surface area contributed by atoms with Crippen LogP contribution < -0.4 is 11.1 Å². The van der Waals surface area contributed by atoms with Crippen LogP contribution in [0.4, 0.5) is 5.69 Å². The molecule has 1 aliphatic rings. The number of amides is 1. The molecule has 1 fully saturated rings. The van der Waals surface area contributed by atoms with Crippen LogP contribution in [0.1, 0.15) is 32.1 Å². The van der Waals surface area contributed by atoms with Gasteiger partial charge in [-0.25, -0.2) is 0 Å². The van der Waals surface area contributed by atoms with Gasteiger partial charge >= 0.3 is 0 Å². The third-order valence-corrected chi connectivity index (χ3v) is 4.66. The minimum atomic E-state index is -0.959. The van der Waals surface area contributed by atoms with Crippen molar-refractivity contribution in [3.8, 4) is 0 Å². The summed E-state index contributed by atoms with van der Waals surface area (Å²) in [6.45, 7) is 0. The molecule has 0 atom stereocenters. The predicted molar refractivity (Wildman–Crippen MR) is 84.0 cm³/mol. The van der Waals surface area contributed by atoms with E-state index in [1.54, 1.807) is 18.2 Å². The monoisotopic (exact) mass is 329 g/mol. The topological polar surface area (TPSA) is 87.7 Å². The quantitative estimate of drug-likeness (QED) is 0.342. The molecule has 7 heteroatoms. The molecule has 0 radical (unpaired) electrons. The number of amidine groups is 1. The Morgan fingerprint density at radius 1 is 1.24 bits per heavy atom. The highest BCUT2D eigenvalue weighted by Crippen LogP contribution is 2.38. The van der Waals surface area contributed by atoms with Gasteiger partial charge in [0.1, 0.15) is 5.41 Å². The molecule has 1 amide bonds. The van der Waals surface area contributed by atoms with Crippen molar-refractivity contribution in [2.24, 2.45) is 16.3 Å². The van der Waals surface area contributed by atoms with Crippen molar-refractivity contribution in [2.75, 3.05) is 5.32 Å². The number of oxime groups is 1. The van der Waals surface area contributed by atoms with Crippen LogP contribution >= 0.6 is 23.2 Å². The second-order valence-electron chi connectivity index (χ2n) is 5.21. The van der Waals surface area contributed by atoms with Crippen LogP contribution in [0.3, 0.4) is 0 Å². The standard InChI is InChI=1S/C14H17Cl2N3O2/c15-10-5-4-9(8-11(10)16)18-13(20)14(12(17)19-21)6-2-1-3-7-14/h4-5,8,21H,1-3,6-7H2,(H2,17,19)(H,18,20). The first-order valence-corrected chi connectivity index (χ1v) is 7.50. The summed E-state index contributed by atoms with van der Waals surface area (Å²) >= 11 is 11.8. The van der Waals surface area contributed by atoms with Crippen molar-refractivity contribution in [3.05, 3.63) is 28.2 Å². The highest BCUT2D eigenvalue weighted by Gasteiger charge is 2.43. The Kier molecular flexibility index (Phi) is 4.96. The molecule has 2 rings (SSSR count). The lowest BCUT2D eigenvalue weighted by Crippen LogP contribution is -2.48. The largest absolute Gasteiger partial charge is 0.409 e. The molecule has 0 aromatic heterocycles. The number of hydrogen-bond acceptors (Lipinski definition) is 3. The molecule has 114 valence electrons. The fourth-order valence-electron chi connectivity index (χ4n) is 2.68. The fourth-order valence-corrected chi connectivity index (χ4v) is 2.97. The Labute approximate surface area is 133 Å². The molecule has 0 spiro atoms. The van der Waals surface area contributed by atoms with Crippen LogP contribution in [-0.2, 0) is 4.79 Å². The average molecular weight is 330 g/mol. The zero-order valence-electron chi connectivity index (χ0n) is 11.4. The lowest BCUT2D eigenvalue weighted by Gasteiger charge is -2.34. The van der Waals surface area contributed by atoms with Crippen LogP contribution in [0.5, 0.6) is 0 Å². The van der Waals surface area contributed by atoms with Crippen LogP contribution in [0.25, 0.3) is 0 Å². The van der Waals surface area contributed by atoms with E-state index in [4.69, 9.17) is 34.1 Å². The Morgan fingerprint density at radius 2 is 1.90 bits per heavy atom. The van der Waals surface area contributed by atoms with Crippen molar-refractivity contribution in [2.45, 2.75) is 32.1 Å². The first-order chi connectivity index (χ1) is 9.99. The lowest BCUT2D eigenvalue weighted by atomic mass is 9.72. The van der Waals surface area contributed by atoms with Gasteiger partial charge in [-0.2, -0.15) is 0 Å². The first-order valence-electron chi connectivity index (χ1n) is 6.74. The van der Waals surface area contributed by atoms with Crippen molar-refractivity contribution in [1.82, 2.24) is 0 Å². The molecule has 0 aliphatic heterocycles. The molecule has 1 aromatic rings. The van der Waals surface area contributed by atoms with E-state index in [2.05, 4.69) is 10.5 Å². The van der Waals surface area contributed by atoms with E-state index in [0.717, 1.165) is 19.3 Å². The summed E-state index contributed by atoms with van der Waals surface area (Å²) in [7, 11) is 0. The Balaban J connectivity index is 2.24. The van der Waals surface area contributed by atoms with E-state index < -0.39 is 5.41 Å². The normalized spacial score (nSPS) is 18.3. The van der Waals surface area contributed by atoms with E-state index in [0.29, 0.717) is 28.6 Å². The average Bonchev–Trinajstić information content (AvgIpc) is 2.50. The number of nitrogens with one attached hydrogen (secondary N) is 1. The zero-order valence-corrected chi connectivity index (χ0v) is 12.9. The third kappa shape index (κ3) is 3.24. The third-order valence-electron chi connectivity index (χ3n) is 3.92. The summed E-state index contributed by atoms with van der Waals surface area (Å²) in [5, 5.41) is 15.6. The maximum Gasteiger partial charge on any atom is 0.238 e. The summed E-state index contributed by atoms with van der Waals surface area (Å²) in [5.74, 6) is -0.323. The molecule has 21 heavy (non-hydrogen) atoms. The van der Waals surface area contributed by atoms with Crippen LogP contribution in [0.2, 0.25) is 10.0 Å². The molecular weight excluding hydrogens is 313 g/mol. The number of benzene rings is 1. The summed E-state index contributed by atoms with van der Waals surface area (Å²) in [5.41, 5.74) is 5.36. The number of carbonyl (C=O) groups excluding carboxylic acids is 1. The number of hydrogen-bond donors (Lipinski definition) is 3. The van der Waals surface area contributed by atoms with E-state index >= 15 is 0 Å². The minimum Gasteiger partial charge on any atom is -0.409 e. The summed E-state index contributed by atoms with van der Waals surface area (Å²) in [4.78, 5) is 12.6. The van der Waals surface area contributed by atoms with Gasteiger partial charge in [0, 0.05) is 5.69 Å². The number of rotatable bonds is 3. The number of nitrogens with two attached hydrogens (primary N) is 1. The van der Waals surface area contributed by atoms with Crippen LogP contribution in [0, 0.1) is 5.41 Å². The molecule has 1 aliphatic carbocycles. The number of carbonyl (C=O) groups is 1. The number of nitrogens with zero attached hydrogens (tertiary/aromatic N) is 1. The van der Waals surface area contributed by atoms with Crippen molar-refractivity contribution in [3.63, 3.8) is 0 Å². The second-order valence-corrected chi connectivity index (χ2v) is 6.03. The van der Waals surface area contributed by atoms with Crippen LogP contribution in [0.15, 0.2) is 23.4 Å². The van der Waals surface area contributed by atoms with Gasteiger partial charge in [-0.05, 0) is 31.0 Å². The number of halogens is 2. The Hall–Kier alpha value is -1.46.